The molecule has 0 bridgehead atoms. The van der Waals surface area contributed by atoms with E-state index >= 15 is 0 Å². The zero-order valence-electron chi connectivity index (χ0n) is 9.87. The van der Waals surface area contributed by atoms with Crippen molar-refractivity contribution in [1.29, 1.82) is 0 Å². The molecule has 0 radical (unpaired) electrons. The van der Waals surface area contributed by atoms with Gasteiger partial charge in [0.1, 0.15) is 0 Å². The second-order valence-electron chi connectivity index (χ2n) is 4.65. The summed E-state index contributed by atoms with van der Waals surface area (Å²) in [6.45, 7) is 3.92. The van der Waals surface area contributed by atoms with Gasteiger partial charge in [0.25, 0.3) is 5.69 Å². The molecule has 4 nitrogen and oxygen atoms in total. The average Bonchev–Trinajstić information content (AvgIpc) is 3.05. The summed E-state index contributed by atoms with van der Waals surface area (Å²) in [5.41, 5.74) is 1.78. The zero-order valence-corrected chi connectivity index (χ0v) is 11.5. The van der Waals surface area contributed by atoms with Crippen LogP contribution in [0.25, 0.3) is 0 Å². The Morgan fingerprint density at radius 1 is 1.53 bits per heavy atom. The smallest absolute Gasteiger partial charge is 0.273 e. The third kappa shape index (κ3) is 2.77. The van der Waals surface area contributed by atoms with E-state index in [0.29, 0.717) is 11.6 Å². The molecular weight excluding hydrogens is 284 g/mol. The molecule has 0 aliphatic heterocycles. The maximum Gasteiger partial charge on any atom is 0.273 e. The molecule has 1 unspecified atom stereocenters. The predicted molar refractivity (Wildman–Crippen MR) is 71.3 cm³/mol. The number of hydrogen-bond acceptors (Lipinski definition) is 3. The van der Waals surface area contributed by atoms with Crippen molar-refractivity contribution in [3.8, 4) is 0 Å². The highest BCUT2D eigenvalue weighted by Crippen LogP contribution is 2.36. The van der Waals surface area contributed by atoms with Gasteiger partial charge < -0.3 is 5.32 Å². The number of nitrogens with one attached hydrogen (secondary N) is 1. The predicted octanol–water partition coefficient (Wildman–Crippen LogP) is 3.88. The molecule has 0 spiro atoms. The standard InChI is InChI=1S/C12H15BrN2O2/c1-7-5-11(14-8(2)9-3-4-9)10(13)6-12(7)15(16)17/h5-6,8-9,14H,3-4H2,1-2H3. The summed E-state index contributed by atoms with van der Waals surface area (Å²) in [5.74, 6) is 0.748. The van der Waals surface area contributed by atoms with Gasteiger partial charge in [0.2, 0.25) is 0 Å². The number of aryl methyl sites for hydroxylation is 1. The zero-order chi connectivity index (χ0) is 12.6. The lowest BCUT2D eigenvalue weighted by molar-refractivity contribution is -0.385. The van der Waals surface area contributed by atoms with Crippen molar-refractivity contribution < 1.29 is 4.92 Å². The lowest BCUT2D eigenvalue weighted by atomic mass is 10.1. The van der Waals surface area contributed by atoms with Gasteiger partial charge in [-0.15, -0.1) is 0 Å². The minimum atomic E-state index is -0.353. The van der Waals surface area contributed by atoms with Crippen molar-refractivity contribution in [2.75, 3.05) is 5.32 Å². The fourth-order valence-electron chi connectivity index (χ4n) is 1.94. The lowest BCUT2D eigenvalue weighted by Crippen LogP contribution is -2.17. The summed E-state index contributed by atoms with van der Waals surface area (Å²) in [4.78, 5) is 10.4. The first-order valence-electron chi connectivity index (χ1n) is 5.70. The summed E-state index contributed by atoms with van der Waals surface area (Å²) in [5, 5.41) is 14.2. The first kappa shape index (κ1) is 12.4. The van der Waals surface area contributed by atoms with E-state index in [0.717, 1.165) is 16.1 Å². The highest BCUT2D eigenvalue weighted by molar-refractivity contribution is 9.10. The number of benzene rings is 1. The molecule has 1 atom stereocenters. The maximum absolute atomic E-state index is 10.8. The number of hydrogen-bond donors (Lipinski definition) is 1. The van der Waals surface area contributed by atoms with E-state index in [1.165, 1.54) is 12.8 Å². The van der Waals surface area contributed by atoms with Crippen LogP contribution in [0, 0.1) is 23.0 Å². The Morgan fingerprint density at radius 3 is 2.71 bits per heavy atom. The van der Waals surface area contributed by atoms with E-state index in [1.807, 2.05) is 6.07 Å². The van der Waals surface area contributed by atoms with Gasteiger partial charge in [-0.2, -0.15) is 0 Å². The molecule has 0 heterocycles. The third-order valence-corrected chi connectivity index (χ3v) is 3.85. The Hall–Kier alpha value is -1.10. The quantitative estimate of drug-likeness (QED) is 0.678. The van der Waals surface area contributed by atoms with Crippen LogP contribution >= 0.6 is 15.9 Å². The maximum atomic E-state index is 10.8. The van der Waals surface area contributed by atoms with Crippen LogP contribution in [-0.2, 0) is 0 Å². The summed E-state index contributed by atoms with van der Waals surface area (Å²) in [7, 11) is 0. The summed E-state index contributed by atoms with van der Waals surface area (Å²) >= 11 is 3.38. The summed E-state index contributed by atoms with van der Waals surface area (Å²) in [6, 6.07) is 3.82. The summed E-state index contributed by atoms with van der Waals surface area (Å²) in [6.07, 6.45) is 2.55. The number of nitro groups is 1. The van der Waals surface area contributed by atoms with Crippen LogP contribution < -0.4 is 5.32 Å². The Morgan fingerprint density at radius 2 is 2.18 bits per heavy atom. The van der Waals surface area contributed by atoms with Gasteiger partial charge in [-0.25, -0.2) is 0 Å². The largest absolute Gasteiger partial charge is 0.381 e. The van der Waals surface area contributed by atoms with Crippen molar-refractivity contribution in [3.63, 3.8) is 0 Å². The molecule has 5 heteroatoms. The van der Waals surface area contributed by atoms with E-state index in [2.05, 4.69) is 28.2 Å². The molecule has 1 aliphatic rings. The summed E-state index contributed by atoms with van der Waals surface area (Å²) < 4.78 is 0.752. The van der Waals surface area contributed by atoms with Crippen molar-refractivity contribution in [3.05, 3.63) is 32.3 Å². The van der Waals surface area contributed by atoms with Gasteiger partial charge in [0, 0.05) is 27.8 Å². The SMILES string of the molecule is Cc1cc(NC(C)C2CC2)c(Br)cc1[N+](=O)[O-]. The second-order valence-corrected chi connectivity index (χ2v) is 5.50. The Balaban J connectivity index is 2.22. The second kappa shape index (κ2) is 4.64. The van der Waals surface area contributed by atoms with Crippen molar-refractivity contribution in [1.82, 2.24) is 0 Å². The van der Waals surface area contributed by atoms with Gasteiger partial charge in [-0.05, 0) is 54.6 Å². The van der Waals surface area contributed by atoms with Gasteiger partial charge in [0.15, 0.2) is 0 Å². The van der Waals surface area contributed by atoms with Gasteiger partial charge in [-0.3, -0.25) is 10.1 Å². The Kier molecular flexibility index (Phi) is 3.38. The highest BCUT2D eigenvalue weighted by atomic mass is 79.9. The van der Waals surface area contributed by atoms with Crippen LogP contribution in [0.5, 0.6) is 0 Å². The highest BCUT2D eigenvalue weighted by Gasteiger charge is 2.28. The molecule has 17 heavy (non-hydrogen) atoms. The van der Waals surface area contributed by atoms with E-state index in [-0.39, 0.29) is 10.6 Å². The average molecular weight is 299 g/mol. The van der Waals surface area contributed by atoms with Crippen LogP contribution in [-0.4, -0.2) is 11.0 Å². The molecule has 0 amide bonds. The van der Waals surface area contributed by atoms with Crippen molar-refractivity contribution in [2.45, 2.75) is 32.7 Å². The lowest BCUT2D eigenvalue weighted by Gasteiger charge is -2.16. The molecule has 1 N–H and O–H groups in total. The fraction of sp³-hybridized carbons (Fsp3) is 0.500. The third-order valence-electron chi connectivity index (χ3n) is 3.19. The van der Waals surface area contributed by atoms with Crippen LogP contribution in [0.2, 0.25) is 0 Å². The number of halogens is 1. The first-order valence-corrected chi connectivity index (χ1v) is 6.49. The van der Waals surface area contributed by atoms with Crippen molar-refractivity contribution in [2.24, 2.45) is 5.92 Å². The molecule has 92 valence electrons. The fourth-order valence-corrected chi connectivity index (χ4v) is 2.38. The van der Waals surface area contributed by atoms with E-state index in [9.17, 15) is 10.1 Å². The molecule has 1 aromatic carbocycles. The van der Waals surface area contributed by atoms with Gasteiger partial charge in [-0.1, -0.05) is 0 Å². The Labute approximate surface area is 109 Å². The molecule has 2 rings (SSSR count). The molecule has 1 aromatic rings. The minimum absolute atomic E-state index is 0.154. The molecule has 1 fully saturated rings. The van der Waals surface area contributed by atoms with E-state index in [4.69, 9.17) is 0 Å². The molecule has 1 saturated carbocycles. The van der Waals surface area contributed by atoms with Crippen molar-refractivity contribution >= 4 is 27.3 Å². The van der Waals surface area contributed by atoms with Gasteiger partial charge >= 0.3 is 0 Å². The first-order chi connectivity index (χ1) is 7.99. The minimum Gasteiger partial charge on any atom is -0.381 e. The van der Waals surface area contributed by atoms with Gasteiger partial charge in [0.05, 0.1) is 4.92 Å². The molecule has 0 aromatic heterocycles. The Bertz CT molecular complexity index is 458. The normalized spacial score (nSPS) is 16.6. The monoisotopic (exact) mass is 298 g/mol. The molecule has 1 aliphatic carbocycles. The number of nitrogens with zero attached hydrogens (tertiary/aromatic N) is 1. The number of rotatable bonds is 4. The van der Waals surface area contributed by atoms with Crippen LogP contribution in [0.15, 0.2) is 16.6 Å². The van der Waals surface area contributed by atoms with E-state index < -0.39 is 0 Å². The molecular formula is C12H15BrN2O2. The topological polar surface area (TPSA) is 55.2 Å². The van der Waals surface area contributed by atoms with Crippen LogP contribution in [0.4, 0.5) is 11.4 Å². The van der Waals surface area contributed by atoms with Crippen LogP contribution in [0.3, 0.4) is 0 Å². The molecule has 0 saturated heterocycles. The van der Waals surface area contributed by atoms with Crippen LogP contribution in [0.1, 0.15) is 25.3 Å². The number of anilines is 1. The number of nitro benzene ring substituents is 1. The van der Waals surface area contributed by atoms with E-state index in [1.54, 1.807) is 13.0 Å².